The van der Waals surface area contributed by atoms with Gasteiger partial charge in [0.1, 0.15) is 6.07 Å². The van der Waals surface area contributed by atoms with Gasteiger partial charge in [0.25, 0.3) is 5.56 Å². The Labute approximate surface area is 191 Å². The zero-order chi connectivity index (χ0) is 22.9. The Morgan fingerprint density at radius 1 is 1.12 bits per heavy atom. The quantitative estimate of drug-likeness (QED) is 0.594. The van der Waals surface area contributed by atoms with Gasteiger partial charge in [0.05, 0.1) is 14.2 Å². The SMILES string of the molecule is COc1ccc(C=Cc2nc(C#N)c(N3C[C@H]4C[C@@H](C3)c3cccc(=O)n3C4)o2)cc1OC. The molecule has 0 saturated carbocycles. The minimum atomic E-state index is 0.0515. The van der Waals surface area contributed by atoms with Gasteiger partial charge in [-0.2, -0.15) is 10.2 Å². The lowest BCUT2D eigenvalue weighted by Crippen LogP contribution is -2.47. The molecule has 2 bridgehead atoms. The smallest absolute Gasteiger partial charge is 0.250 e. The number of nitriles is 1. The van der Waals surface area contributed by atoms with Gasteiger partial charge in [0.15, 0.2) is 11.5 Å². The molecule has 1 fully saturated rings. The summed E-state index contributed by atoms with van der Waals surface area (Å²) in [7, 11) is 3.18. The third-order valence-electron chi connectivity index (χ3n) is 6.32. The van der Waals surface area contributed by atoms with Crippen LogP contribution in [0.5, 0.6) is 11.5 Å². The van der Waals surface area contributed by atoms with Crippen molar-refractivity contribution in [1.82, 2.24) is 9.55 Å². The van der Waals surface area contributed by atoms with Crippen LogP contribution in [0.15, 0.2) is 45.6 Å². The monoisotopic (exact) mass is 444 g/mol. The fraction of sp³-hybridized carbons (Fsp3) is 0.320. The Kier molecular flexibility index (Phi) is 5.38. The van der Waals surface area contributed by atoms with Crippen molar-refractivity contribution in [2.24, 2.45) is 5.92 Å². The van der Waals surface area contributed by atoms with Crippen molar-refractivity contribution < 1.29 is 13.9 Å². The summed E-state index contributed by atoms with van der Waals surface area (Å²) in [6, 6.07) is 13.2. The number of pyridine rings is 1. The Balaban J connectivity index is 1.40. The average molecular weight is 444 g/mol. The number of rotatable bonds is 5. The molecule has 33 heavy (non-hydrogen) atoms. The largest absolute Gasteiger partial charge is 0.493 e. The normalized spacial score (nSPS) is 19.2. The van der Waals surface area contributed by atoms with Crippen LogP contribution < -0.4 is 19.9 Å². The molecule has 8 heteroatoms. The van der Waals surface area contributed by atoms with Crippen molar-refractivity contribution in [3.05, 3.63) is 69.6 Å². The van der Waals surface area contributed by atoms with Crippen molar-refractivity contribution >= 4 is 18.0 Å². The number of aromatic nitrogens is 2. The molecule has 2 atom stereocenters. The second-order valence-electron chi connectivity index (χ2n) is 8.37. The number of hydrogen-bond donors (Lipinski definition) is 0. The maximum Gasteiger partial charge on any atom is 0.250 e. The zero-order valence-electron chi connectivity index (χ0n) is 18.5. The molecule has 0 spiro atoms. The lowest BCUT2D eigenvalue weighted by Gasteiger charge is -2.42. The van der Waals surface area contributed by atoms with E-state index in [1.54, 1.807) is 26.4 Å². The van der Waals surface area contributed by atoms with E-state index in [1.165, 1.54) is 0 Å². The van der Waals surface area contributed by atoms with Crippen LogP contribution >= 0.6 is 0 Å². The third kappa shape index (κ3) is 3.87. The maximum atomic E-state index is 12.3. The van der Waals surface area contributed by atoms with Gasteiger partial charge in [-0.1, -0.05) is 12.1 Å². The van der Waals surface area contributed by atoms with Crippen molar-refractivity contribution in [3.8, 4) is 17.6 Å². The lowest BCUT2D eigenvalue weighted by atomic mass is 9.83. The van der Waals surface area contributed by atoms with E-state index in [0.29, 0.717) is 42.3 Å². The predicted molar refractivity (Wildman–Crippen MR) is 123 cm³/mol. The summed E-state index contributed by atoms with van der Waals surface area (Å²) in [6.45, 7) is 2.09. The molecule has 5 rings (SSSR count). The second-order valence-corrected chi connectivity index (χ2v) is 8.37. The Hall–Kier alpha value is -3.99. The summed E-state index contributed by atoms with van der Waals surface area (Å²) in [5.41, 5.74) is 2.26. The molecule has 1 aromatic carbocycles. The van der Waals surface area contributed by atoms with Gasteiger partial charge < -0.3 is 23.4 Å². The van der Waals surface area contributed by atoms with Gasteiger partial charge in [0.2, 0.25) is 17.5 Å². The molecule has 1 saturated heterocycles. The molecule has 3 aromatic rings. The van der Waals surface area contributed by atoms with E-state index < -0.39 is 0 Å². The number of hydrogen-bond acceptors (Lipinski definition) is 7. The number of benzene rings is 1. The zero-order valence-corrected chi connectivity index (χ0v) is 18.5. The molecule has 0 unspecified atom stereocenters. The molecule has 8 nitrogen and oxygen atoms in total. The molecule has 2 aromatic heterocycles. The number of oxazole rings is 1. The molecule has 0 aliphatic carbocycles. The second kappa shape index (κ2) is 8.51. The minimum Gasteiger partial charge on any atom is -0.493 e. The molecular formula is C25H24N4O4. The number of fused-ring (bicyclic) bond motifs is 4. The van der Waals surface area contributed by atoms with Crippen molar-refractivity contribution in [1.29, 1.82) is 5.26 Å². The molecule has 4 heterocycles. The van der Waals surface area contributed by atoms with Crippen LogP contribution in [-0.4, -0.2) is 36.9 Å². The topological polar surface area (TPSA) is 93.5 Å². The Bertz CT molecular complexity index is 1320. The van der Waals surface area contributed by atoms with Gasteiger partial charge >= 0.3 is 0 Å². The highest BCUT2D eigenvalue weighted by atomic mass is 16.5. The van der Waals surface area contributed by atoms with Crippen LogP contribution in [0.25, 0.3) is 12.2 Å². The molecular weight excluding hydrogens is 420 g/mol. The summed E-state index contributed by atoms with van der Waals surface area (Å²) in [5, 5.41) is 9.67. The summed E-state index contributed by atoms with van der Waals surface area (Å²) in [6.07, 6.45) is 4.62. The number of nitrogens with zero attached hydrogens (tertiary/aromatic N) is 4. The number of methoxy groups -OCH3 is 2. The van der Waals surface area contributed by atoms with Crippen LogP contribution in [0.3, 0.4) is 0 Å². The fourth-order valence-corrected chi connectivity index (χ4v) is 4.87. The highest BCUT2D eigenvalue weighted by molar-refractivity contribution is 5.69. The van der Waals surface area contributed by atoms with Crippen molar-refractivity contribution in [2.45, 2.75) is 18.9 Å². The van der Waals surface area contributed by atoms with Crippen molar-refractivity contribution in [2.75, 3.05) is 32.2 Å². The van der Waals surface area contributed by atoms with E-state index in [0.717, 1.165) is 24.2 Å². The highest BCUT2D eigenvalue weighted by Gasteiger charge is 2.36. The molecule has 168 valence electrons. The van der Waals surface area contributed by atoms with E-state index >= 15 is 0 Å². The van der Waals surface area contributed by atoms with Gasteiger partial charge in [-0.3, -0.25) is 4.79 Å². The van der Waals surface area contributed by atoms with Gasteiger partial charge in [-0.05, 0) is 42.2 Å². The molecule has 0 amide bonds. The fourth-order valence-electron chi connectivity index (χ4n) is 4.87. The average Bonchev–Trinajstić information content (AvgIpc) is 3.26. The first-order valence-electron chi connectivity index (χ1n) is 10.9. The number of anilines is 1. The highest BCUT2D eigenvalue weighted by Crippen LogP contribution is 2.38. The molecule has 0 N–H and O–H groups in total. The lowest BCUT2D eigenvalue weighted by molar-refractivity contribution is 0.275. The van der Waals surface area contributed by atoms with E-state index in [2.05, 4.69) is 16.0 Å². The van der Waals surface area contributed by atoms with Crippen LogP contribution in [-0.2, 0) is 6.54 Å². The summed E-state index contributed by atoms with van der Waals surface area (Å²) < 4.78 is 18.5. The summed E-state index contributed by atoms with van der Waals surface area (Å²) in [4.78, 5) is 18.7. The van der Waals surface area contributed by atoms with Gasteiger partial charge in [-0.15, -0.1) is 0 Å². The van der Waals surface area contributed by atoms with Crippen LogP contribution in [0.2, 0.25) is 0 Å². The van der Waals surface area contributed by atoms with Crippen molar-refractivity contribution in [3.63, 3.8) is 0 Å². The van der Waals surface area contributed by atoms with Crippen LogP contribution in [0.1, 0.15) is 35.2 Å². The Morgan fingerprint density at radius 2 is 1.97 bits per heavy atom. The maximum absolute atomic E-state index is 12.3. The third-order valence-corrected chi connectivity index (χ3v) is 6.32. The first-order valence-corrected chi connectivity index (χ1v) is 10.9. The first-order chi connectivity index (χ1) is 16.1. The Morgan fingerprint density at radius 3 is 2.76 bits per heavy atom. The van der Waals surface area contributed by atoms with E-state index in [-0.39, 0.29) is 17.2 Å². The number of piperidine rings is 1. The van der Waals surface area contributed by atoms with Crippen LogP contribution in [0, 0.1) is 17.2 Å². The minimum absolute atomic E-state index is 0.0515. The van der Waals surface area contributed by atoms with E-state index in [1.807, 2.05) is 41.0 Å². The molecule has 2 aliphatic heterocycles. The summed E-state index contributed by atoms with van der Waals surface area (Å²) in [5.74, 6) is 2.67. The predicted octanol–water partition coefficient (Wildman–Crippen LogP) is 3.52. The van der Waals surface area contributed by atoms with Gasteiger partial charge in [-0.25, -0.2) is 0 Å². The van der Waals surface area contributed by atoms with Gasteiger partial charge in [0, 0.05) is 43.4 Å². The summed E-state index contributed by atoms with van der Waals surface area (Å²) >= 11 is 0. The first kappa shape index (κ1) is 20.9. The van der Waals surface area contributed by atoms with E-state index in [9.17, 15) is 10.1 Å². The molecule has 2 aliphatic rings. The number of ether oxygens (including phenoxy) is 2. The van der Waals surface area contributed by atoms with Crippen LogP contribution in [0.4, 0.5) is 5.88 Å². The van der Waals surface area contributed by atoms with E-state index in [4.69, 9.17) is 13.9 Å². The standard InChI is InChI=1S/C25H24N4O4/c1-31-21-8-6-16(11-22(21)32-2)7-9-23-27-19(12-26)25(33-23)28-13-17-10-18(15-28)20-4-3-5-24(30)29(20)14-17/h3-9,11,17-18H,10,13-15H2,1-2H3/t17-,18+/m1/s1. The molecule has 0 radical (unpaired) electrons.